The number of hydrogen-bond acceptors (Lipinski definition) is 3. The van der Waals surface area contributed by atoms with Crippen LogP contribution >= 0.6 is 0 Å². The Morgan fingerprint density at radius 3 is 2.23 bits per heavy atom. The monoisotopic (exact) mass is 297 g/mol. The molecule has 0 aromatic heterocycles. The van der Waals surface area contributed by atoms with Gasteiger partial charge in [-0.1, -0.05) is 30.3 Å². The molecule has 2 rings (SSSR count). The molecule has 0 aliphatic rings. The molecule has 0 heterocycles. The molecule has 5 heteroatoms. The number of methoxy groups -OCH3 is 1. The fourth-order valence-corrected chi connectivity index (χ4v) is 1.80. The lowest BCUT2D eigenvalue weighted by Gasteiger charge is -2.06. The minimum Gasteiger partial charge on any atom is -0.497 e. The molecular formula is C17H15NO4. The first-order valence-corrected chi connectivity index (χ1v) is 6.55. The van der Waals surface area contributed by atoms with Crippen molar-refractivity contribution in [1.29, 1.82) is 0 Å². The van der Waals surface area contributed by atoms with E-state index in [2.05, 4.69) is 5.32 Å². The van der Waals surface area contributed by atoms with Crippen molar-refractivity contribution in [2.75, 3.05) is 7.11 Å². The smallest absolute Gasteiger partial charge is 0.352 e. The molecule has 0 atom stereocenters. The summed E-state index contributed by atoms with van der Waals surface area (Å²) in [5, 5.41) is 11.6. The van der Waals surface area contributed by atoms with Crippen LogP contribution in [0.3, 0.4) is 0 Å². The summed E-state index contributed by atoms with van der Waals surface area (Å²) in [6.07, 6.45) is 1.39. The van der Waals surface area contributed by atoms with Gasteiger partial charge >= 0.3 is 5.97 Å². The van der Waals surface area contributed by atoms with Crippen molar-refractivity contribution in [1.82, 2.24) is 5.32 Å². The molecule has 0 bridgehead atoms. The summed E-state index contributed by atoms with van der Waals surface area (Å²) in [6, 6.07) is 15.3. The Bertz CT molecular complexity index is 690. The molecule has 2 aromatic rings. The standard InChI is InChI=1S/C17H15NO4/c1-22-14-9-7-12(8-10-14)11-15(17(20)21)18-16(19)13-5-3-2-4-6-13/h2-11H,1H3,(H,18,19)(H,20,21). The van der Waals surface area contributed by atoms with Crippen LogP contribution in [0.2, 0.25) is 0 Å². The Labute approximate surface area is 127 Å². The third kappa shape index (κ3) is 3.96. The van der Waals surface area contributed by atoms with Gasteiger partial charge in [-0.3, -0.25) is 4.79 Å². The van der Waals surface area contributed by atoms with E-state index in [1.807, 2.05) is 0 Å². The highest BCUT2D eigenvalue weighted by molar-refractivity contribution is 6.02. The maximum Gasteiger partial charge on any atom is 0.352 e. The number of amides is 1. The SMILES string of the molecule is COc1ccc(C=C(NC(=O)c2ccccc2)C(=O)O)cc1. The minimum atomic E-state index is -1.21. The molecule has 0 saturated carbocycles. The van der Waals surface area contributed by atoms with Gasteiger partial charge in [0.25, 0.3) is 5.91 Å². The number of benzene rings is 2. The van der Waals surface area contributed by atoms with E-state index in [4.69, 9.17) is 4.74 Å². The van der Waals surface area contributed by atoms with Crippen molar-refractivity contribution in [2.45, 2.75) is 0 Å². The van der Waals surface area contributed by atoms with Gasteiger partial charge in [0, 0.05) is 5.56 Å². The van der Waals surface area contributed by atoms with Gasteiger partial charge in [0.05, 0.1) is 7.11 Å². The van der Waals surface area contributed by atoms with Crippen molar-refractivity contribution >= 4 is 18.0 Å². The van der Waals surface area contributed by atoms with Crippen molar-refractivity contribution in [2.24, 2.45) is 0 Å². The van der Waals surface area contributed by atoms with Gasteiger partial charge in [-0.2, -0.15) is 0 Å². The van der Waals surface area contributed by atoms with Gasteiger partial charge in [0.15, 0.2) is 0 Å². The van der Waals surface area contributed by atoms with E-state index < -0.39 is 11.9 Å². The minimum absolute atomic E-state index is 0.195. The lowest BCUT2D eigenvalue weighted by atomic mass is 10.1. The Balaban J connectivity index is 2.20. The second kappa shape index (κ2) is 7.08. The molecule has 0 unspecified atom stereocenters. The molecule has 1 amide bonds. The predicted molar refractivity (Wildman–Crippen MR) is 82.5 cm³/mol. The number of carbonyl (C=O) groups is 2. The van der Waals surface area contributed by atoms with Gasteiger partial charge in [0.1, 0.15) is 11.4 Å². The van der Waals surface area contributed by atoms with Gasteiger partial charge in [-0.15, -0.1) is 0 Å². The normalized spacial score (nSPS) is 10.9. The van der Waals surface area contributed by atoms with Crippen LogP contribution < -0.4 is 10.1 Å². The topological polar surface area (TPSA) is 75.6 Å². The van der Waals surface area contributed by atoms with Crippen LogP contribution in [-0.2, 0) is 4.79 Å². The summed E-state index contributed by atoms with van der Waals surface area (Å²) >= 11 is 0. The highest BCUT2D eigenvalue weighted by Crippen LogP contribution is 2.13. The second-order valence-electron chi connectivity index (χ2n) is 4.46. The van der Waals surface area contributed by atoms with Gasteiger partial charge < -0.3 is 15.2 Å². The second-order valence-corrected chi connectivity index (χ2v) is 4.46. The average Bonchev–Trinajstić information content (AvgIpc) is 2.55. The first kappa shape index (κ1) is 15.3. The van der Waals surface area contributed by atoms with Crippen LogP contribution in [0, 0.1) is 0 Å². The number of carboxylic acid groups (broad SMARTS) is 1. The van der Waals surface area contributed by atoms with Crippen LogP contribution in [-0.4, -0.2) is 24.1 Å². The molecule has 0 aliphatic carbocycles. The van der Waals surface area contributed by atoms with E-state index in [0.717, 1.165) is 0 Å². The maximum absolute atomic E-state index is 12.0. The third-order valence-electron chi connectivity index (χ3n) is 2.94. The molecule has 2 N–H and O–H groups in total. The van der Waals surface area contributed by atoms with E-state index in [1.165, 1.54) is 6.08 Å². The number of aliphatic carboxylic acids is 1. The van der Waals surface area contributed by atoms with Gasteiger partial charge in [-0.05, 0) is 35.9 Å². The van der Waals surface area contributed by atoms with E-state index in [1.54, 1.807) is 61.7 Å². The number of ether oxygens (including phenoxy) is 1. The molecule has 0 radical (unpaired) electrons. The number of carboxylic acids is 1. The maximum atomic E-state index is 12.0. The highest BCUT2D eigenvalue weighted by atomic mass is 16.5. The Morgan fingerprint density at radius 2 is 1.68 bits per heavy atom. The number of nitrogens with one attached hydrogen (secondary N) is 1. The molecule has 0 spiro atoms. The molecule has 2 aromatic carbocycles. The molecule has 22 heavy (non-hydrogen) atoms. The lowest BCUT2D eigenvalue weighted by Crippen LogP contribution is -2.27. The van der Waals surface area contributed by atoms with E-state index in [-0.39, 0.29) is 5.70 Å². The zero-order chi connectivity index (χ0) is 15.9. The Morgan fingerprint density at radius 1 is 1.05 bits per heavy atom. The predicted octanol–water partition coefficient (Wildman–Crippen LogP) is 2.55. The number of rotatable bonds is 5. The van der Waals surface area contributed by atoms with Gasteiger partial charge in [-0.25, -0.2) is 4.79 Å². The van der Waals surface area contributed by atoms with Crippen molar-refractivity contribution in [3.63, 3.8) is 0 Å². The Hall–Kier alpha value is -3.08. The van der Waals surface area contributed by atoms with Crippen LogP contribution in [0.5, 0.6) is 5.75 Å². The van der Waals surface area contributed by atoms with Crippen LogP contribution in [0.25, 0.3) is 6.08 Å². The fraction of sp³-hybridized carbons (Fsp3) is 0.0588. The molecule has 0 saturated heterocycles. The first-order valence-electron chi connectivity index (χ1n) is 6.55. The Kier molecular flexibility index (Phi) is 4.93. The van der Waals surface area contributed by atoms with E-state index in [0.29, 0.717) is 16.9 Å². The molecular weight excluding hydrogens is 282 g/mol. The average molecular weight is 297 g/mol. The highest BCUT2D eigenvalue weighted by Gasteiger charge is 2.13. The summed E-state index contributed by atoms with van der Waals surface area (Å²) in [5.41, 5.74) is 0.843. The van der Waals surface area contributed by atoms with Crippen molar-refractivity contribution in [3.05, 3.63) is 71.4 Å². The summed E-state index contributed by atoms with van der Waals surface area (Å²) in [5.74, 6) is -1.01. The van der Waals surface area contributed by atoms with Crippen LogP contribution in [0.15, 0.2) is 60.3 Å². The zero-order valence-electron chi connectivity index (χ0n) is 11.9. The van der Waals surface area contributed by atoms with Crippen molar-refractivity contribution in [3.8, 4) is 5.75 Å². The van der Waals surface area contributed by atoms with Crippen LogP contribution in [0.1, 0.15) is 15.9 Å². The molecule has 0 fully saturated rings. The summed E-state index contributed by atoms with van der Waals surface area (Å²) < 4.78 is 5.04. The van der Waals surface area contributed by atoms with E-state index in [9.17, 15) is 14.7 Å². The van der Waals surface area contributed by atoms with Crippen LogP contribution in [0.4, 0.5) is 0 Å². The first-order chi connectivity index (χ1) is 10.6. The summed E-state index contributed by atoms with van der Waals surface area (Å²) in [6.45, 7) is 0. The molecule has 112 valence electrons. The zero-order valence-corrected chi connectivity index (χ0v) is 11.9. The third-order valence-corrected chi connectivity index (χ3v) is 2.94. The lowest BCUT2D eigenvalue weighted by molar-refractivity contribution is -0.132. The summed E-state index contributed by atoms with van der Waals surface area (Å²) in [7, 11) is 1.55. The number of carbonyl (C=O) groups excluding carboxylic acids is 1. The molecule has 0 aliphatic heterocycles. The fourth-order valence-electron chi connectivity index (χ4n) is 1.80. The van der Waals surface area contributed by atoms with E-state index >= 15 is 0 Å². The summed E-state index contributed by atoms with van der Waals surface area (Å²) in [4.78, 5) is 23.3. The largest absolute Gasteiger partial charge is 0.497 e. The van der Waals surface area contributed by atoms with Crippen molar-refractivity contribution < 1.29 is 19.4 Å². The number of hydrogen-bond donors (Lipinski definition) is 2. The van der Waals surface area contributed by atoms with Gasteiger partial charge in [0.2, 0.25) is 0 Å². The quantitative estimate of drug-likeness (QED) is 0.832. The molecule has 5 nitrogen and oxygen atoms in total.